The molecule has 0 saturated heterocycles. The molecule has 1 fully saturated rings. The lowest BCUT2D eigenvalue weighted by atomic mass is 9.91. The van der Waals surface area contributed by atoms with Crippen LogP contribution in [0, 0.1) is 13.8 Å². The molecule has 0 unspecified atom stereocenters. The minimum absolute atomic E-state index is 0.000931. The molecule has 184 valence electrons. The van der Waals surface area contributed by atoms with E-state index in [2.05, 4.69) is 9.72 Å². The number of alkyl halides is 2. The first-order chi connectivity index (χ1) is 16.8. The smallest absolute Gasteiger partial charge is 0.248 e. The van der Waals surface area contributed by atoms with Crippen LogP contribution in [0.1, 0.15) is 54.6 Å². The lowest BCUT2D eigenvalue weighted by Crippen LogP contribution is -2.27. The molecule has 0 radical (unpaired) electrons. The van der Waals surface area contributed by atoms with Crippen LogP contribution < -0.4 is 4.74 Å². The maximum atomic E-state index is 13.9. The highest BCUT2D eigenvalue weighted by Crippen LogP contribution is 2.41. The fourth-order valence-corrected chi connectivity index (χ4v) is 5.47. The van der Waals surface area contributed by atoms with Crippen molar-refractivity contribution in [1.29, 1.82) is 0 Å². The summed E-state index contributed by atoms with van der Waals surface area (Å²) < 4.78 is 40.6. The summed E-state index contributed by atoms with van der Waals surface area (Å²) in [5.41, 5.74) is 5.67. The van der Waals surface area contributed by atoms with Gasteiger partial charge in [0.2, 0.25) is 5.92 Å². The lowest BCUT2D eigenvalue weighted by molar-refractivity contribution is -0.0438. The zero-order valence-electron chi connectivity index (χ0n) is 20.1. The molecule has 8 heteroatoms. The van der Waals surface area contributed by atoms with Crippen LogP contribution in [0.2, 0.25) is 5.02 Å². The van der Waals surface area contributed by atoms with Crippen molar-refractivity contribution < 1.29 is 18.0 Å². The van der Waals surface area contributed by atoms with Crippen molar-refractivity contribution >= 4 is 22.6 Å². The topological polar surface area (TPSA) is 53.1 Å². The SMILES string of the molecule is COc1ccc(CCc2nc3cc(-c4c(C)noc4C)ccc3n2C2CCC(F)(F)CC2)cc1Cl. The summed E-state index contributed by atoms with van der Waals surface area (Å²) in [7, 11) is 1.59. The number of methoxy groups -OCH3 is 1. The molecule has 2 aromatic heterocycles. The Balaban J connectivity index is 1.52. The Hall–Kier alpha value is -2.93. The third-order valence-corrected chi connectivity index (χ3v) is 7.29. The third kappa shape index (κ3) is 4.66. The zero-order chi connectivity index (χ0) is 24.7. The van der Waals surface area contributed by atoms with E-state index >= 15 is 0 Å². The van der Waals surface area contributed by atoms with E-state index in [1.807, 2.05) is 50.2 Å². The summed E-state index contributed by atoms with van der Waals surface area (Å²) in [6.45, 7) is 3.81. The maximum Gasteiger partial charge on any atom is 0.248 e. The standard InChI is InChI=1S/C27H28ClF2N3O2/c1-16-26(17(2)35-32-16)19-6-7-23-22(15-19)31-25(33(23)20-10-12-27(29,30)13-11-20)9-5-18-4-8-24(34-3)21(28)14-18/h4,6-8,14-15,20H,5,9-13H2,1-3H3. The third-order valence-electron chi connectivity index (χ3n) is 6.99. The Kier molecular flexibility index (Phi) is 6.30. The molecule has 0 spiro atoms. The van der Waals surface area contributed by atoms with E-state index in [-0.39, 0.29) is 18.9 Å². The van der Waals surface area contributed by atoms with Gasteiger partial charge in [0.1, 0.15) is 17.3 Å². The molecule has 2 heterocycles. The van der Waals surface area contributed by atoms with Crippen LogP contribution in [-0.4, -0.2) is 27.7 Å². The van der Waals surface area contributed by atoms with Crippen LogP contribution >= 0.6 is 11.6 Å². The van der Waals surface area contributed by atoms with E-state index in [1.54, 1.807) is 7.11 Å². The first kappa shape index (κ1) is 23.8. The molecule has 1 aliphatic rings. The van der Waals surface area contributed by atoms with Gasteiger partial charge in [-0.2, -0.15) is 0 Å². The molecule has 0 aliphatic heterocycles. The Bertz CT molecular complexity index is 1350. The molecule has 0 N–H and O–H groups in total. The van der Waals surface area contributed by atoms with Gasteiger partial charge < -0.3 is 13.8 Å². The minimum atomic E-state index is -2.58. The Labute approximate surface area is 208 Å². The summed E-state index contributed by atoms with van der Waals surface area (Å²) in [6.07, 6.45) is 2.08. The Morgan fingerprint density at radius 1 is 1.11 bits per heavy atom. The molecule has 1 saturated carbocycles. The number of benzene rings is 2. The van der Waals surface area contributed by atoms with Crippen molar-refractivity contribution in [3.8, 4) is 16.9 Å². The van der Waals surface area contributed by atoms with Crippen LogP contribution in [0.3, 0.4) is 0 Å². The van der Waals surface area contributed by atoms with Crippen LogP contribution in [0.15, 0.2) is 40.9 Å². The van der Waals surface area contributed by atoms with Crippen molar-refractivity contribution in [2.45, 2.75) is 64.3 Å². The number of halogens is 3. The number of nitrogens with zero attached hydrogens (tertiary/aromatic N) is 3. The van der Waals surface area contributed by atoms with Gasteiger partial charge in [-0.05, 0) is 68.5 Å². The summed E-state index contributed by atoms with van der Waals surface area (Å²) in [5.74, 6) is -0.285. The van der Waals surface area contributed by atoms with E-state index in [1.165, 1.54) is 0 Å². The van der Waals surface area contributed by atoms with E-state index in [0.29, 0.717) is 30.0 Å². The number of hydrogen-bond donors (Lipinski definition) is 0. The predicted molar refractivity (Wildman–Crippen MR) is 133 cm³/mol. The van der Waals surface area contributed by atoms with E-state index in [0.717, 1.165) is 51.4 Å². The monoisotopic (exact) mass is 499 g/mol. The lowest BCUT2D eigenvalue weighted by Gasteiger charge is -2.30. The van der Waals surface area contributed by atoms with Gasteiger partial charge in [-0.3, -0.25) is 0 Å². The number of fused-ring (bicyclic) bond motifs is 1. The van der Waals surface area contributed by atoms with Gasteiger partial charge in [0.25, 0.3) is 0 Å². The van der Waals surface area contributed by atoms with E-state index in [4.69, 9.17) is 25.8 Å². The fraction of sp³-hybridized carbons (Fsp3) is 0.407. The highest BCUT2D eigenvalue weighted by molar-refractivity contribution is 6.32. The summed E-state index contributed by atoms with van der Waals surface area (Å²) in [5, 5.41) is 4.64. The van der Waals surface area contributed by atoms with Crippen LogP contribution in [-0.2, 0) is 12.8 Å². The highest BCUT2D eigenvalue weighted by atomic mass is 35.5. The van der Waals surface area contributed by atoms with Crippen molar-refractivity contribution in [1.82, 2.24) is 14.7 Å². The second kappa shape index (κ2) is 9.26. The van der Waals surface area contributed by atoms with E-state index < -0.39 is 5.92 Å². The molecule has 5 rings (SSSR count). The fourth-order valence-electron chi connectivity index (χ4n) is 5.19. The molecule has 35 heavy (non-hydrogen) atoms. The molecular formula is C27H28ClF2N3O2. The van der Waals surface area contributed by atoms with Crippen molar-refractivity contribution in [2.75, 3.05) is 7.11 Å². The van der Waals surface area contributed by atoms with Crippen LogP contribution in [0.4, 0.5) is 8.78 Å². The molecule has 5 nitrogen and oxygen atoms in total. The summed E-state index contributed by atoms with van der Waals surface area (Å²) in [4.78, 5) is 4.99. The second-order valence-corrected chi connectivity index (χ2v) is 9.76. The van der Waals surface area contributed by atoms with Crippen molar-refractivity contribution in [3.05, 3.63) is 64.3 Å². The zero-order valence-corrected chi connectivity index (χ0v) is 20.8. The van der Waals surface area contributed by atoms with Crippen molar-refractivity contribution in [3.63, 3.8) is 0 Å². The Morgan fingerprint density at radius 3 is 2.54 bits per heavy atom. The summed E-state index contributed by atoms with van der Waals surface area (Å²) in [6, 6.07) is 11.9. The largest absolute Gasteiger partial charge is 0.495 e. The summed E-state index contributed by atoms with van der Waals surface area (Å²) >= 11 is 6.32. The maximum absolute atomic E-state index is 13.9. The molecule has 0 amide bonds. The average molecular weight is 500 g/mol. The molecule has 0 bridgehead atoms. The van der Waals surface area contributed by atoms with Gasteiger partial charge in [0, 0.05) is 30.9 Å². The van der Waals surface area contributed by atoms with Crippen LogP contribution in [0.5, 0.6) is 5.75 Å². The highest BCUT2D eigenvalue weighted by Gasteiger charge is 2.36. The second-order valence-electron chi connectivity index (χ2n) is 9.36. The molecular weight excluding hydrogens is 472 g/mol. The van der Waals surface area contributed by atoms with Gasteiger partial charge in [-0.15, -0.1) is 0 Å². The number of rotatable bonds is 6. The van der Waals surface area contributed by atoms with E-state index in [9.17, 15) is 8.78 Å². The van der Waals surface area contributed by atoms with Gasteiger partial charge in [0.15, 0.2) is 0 Å². The van der Waals surface area contributed by atoms with Crippen molar-refractivity contribution in [2.24, 2.45) is 0 Å². The first-order valence-electron chi connectivity index (χ1n) is 11.9. The number of aryl methyl sites for hydroxylation is 4. The average Bonchev–Trinajstić information content (AvgIpc) is 3.36. The van der Waals surface area contributed by atoms with Crippen LogP contribution in [0.25, 0.3) is 22.2 Å². The number of ether oxygens (including phenoxy) is 1. The predicted octanol–water partition coefficient (Wildman–Crippen LogP) is 7.51. The Morgan fingerprint density at radius 2 is 1.89 bits per heavy atom. The van der Waals surface area contributed by atoms with Gasteiger partial charge in [-0.1, -0.05) is 28.9 Å². The normalized spacial score (nSPS) is 16.2. The number of hydrogen-bond acceptors (Lipinski definition) is 4. The van der Waals surface area contributed by atoms with Gasteiger partial charge >= 0.3 is 0 Å². The van der Waals surface area contributed by atoms with Gasteiger partial charge in [-0.25, -0.2) is 13.8 Å². The van der Waals surface area contributed by atoms with Gasteiger partial charge in [0.05, 0.1) is 28.9 Å². The molecule has 0 atom stereocenters. The molecule has 2 aromatic carbocycles. The minimum Gasteiger partial charge on any atom is -0.495 e. The molecule has 1 aliphatic carbocycles. The quantitative estimate of drug-likeness (QED) is 0.275. The number of imidazole rings is 1. The molecule has 4 aromatic rings. The number of aromatic nitrogens is 3. The first-order valence-corrected chi connectivity index (χ1v) is 12.3.